The Hall–Kier alpha value is -1.25. The van der Waals surface area contributed by atoms with Crippen molar-refractivity contribution in [3.8, 4) is 5.75 Å². The first kappa shape index (κ1) is 22.8. The van der Waals surface area contributed by atoms with E-state index < -0.39 is 0 Å². The number of nitrogens with one attached hydrogen (secondary N) is 2. The Morgan fingerprint density at radius 2 is 1.96 bits per heavy atom. The monoisotopic (exact) mass is 508 g/mol. The lowest BCUT2D eigenvalue weighted by Gasteiger charge is -2.18. The third-order valence-corrected chi connectivity index (χ3v) is 3.98. The molecule has 0 aliphatic carbocycles. The maximum atomic E-state index is 6.10. The van der Waals surface area contributed by atoms with Gasteiger partial charge in [0.2, 0.25) is 0 Å². The van der Waals surface area contributed by atoms with Gasteiger partial charge in [-0.05, 0) is 37.1 Å². The van der Waals surface area contributed by atoms with Gasteiger partial charge >= 0.3 is 0 Å². The minimum absolute atomic E-state index is 0. The number of aliphatic imine (C=N–C) groups is 1. The van der Waals surface area contributed by atoms with Crippen LogP contribution in [-0.2, 0) is 6.42 Å². The highest BCUT2D eigenvalue weighted by Crippen LogP contribution is 2.23. The van der Waals surface area contributed by atoms with Gasteiger partial charge in [-0.1, -0.05) is 41.4 Å². The Kier molecular flexibility index (Phi) is 10.7. The first-order valence-corrected chi connectivity index (χ1v) is 8.80. The molecule has 1 unspecified atom stereocenters. The number of hydrogen-bond acceptors (Lipinski definition) is 3. The molecule has 0 radical (unpaired) electrons. The molecule has 142 valence electrons. The van der Waals surface area contributed by atoms with E-state index in [-0.39, 0.29) is 30.1 Å². The highest BCUT2D eigenvalue weighted by Gasteiger charge is 2.08. The van der Waals surface area contributed by atoms with Gasteiger partial charge in [0, 0.05) is 19.8 Å². The Morgan fingerprint density at radius 3 is 2.62 bits per heavy atom. The number of pyridine rings is 1. The second-order valence-corrected chi connectivity index (χ2v) is 6.27. The van der Waals surface area contributed by atoms with Crippen molar-refractivity contribution in [3.05, 3.63) is 58.3 Å². The van der Waals surface area contributed by atoms with Gasteiger partial charge in [0.1, 0.15) is 17.0 Å². The number of hydrogen-bond donors (Lipinski definition) is 2. The number of halogens is 3. The highest BCUT2D eigenvalue weighted by atomic mass is 127. The SMILES string of the molecule is CN=C(NCCc1ccc(Cl)nc1)NCC(C)Oc1ccccc1Cl.I. The lowest BCUT2D eigenvalue weighted by molar-refractivity contribution is 0.224. The molecule has 1 aromatic carbocycles. The molecule has 2 aromatic rings. The van der Waals surface area contributed by atoms with Crippen molar-refractivity contribution in [1.29, 1.82) is 0 Å². The molecule has 8 heteroatoms. The van der Waals surface area contributed by atoms with E-state index >= 15 is 0 Å². The van der Waals surface area contributed by atoms with Crippen molar-refractivity contribution in [2.45, 2.75) is 19.4 Å². The molecular weight excluding hydrogens is 486 g/mol. The molecule has 0 bridgehead atoms. The maximum Gasteiger partial charge on any atom is 0.191 e. The van der Waals surface area contributed by atoms with Gasteiger partial charge < -0.3 is 15.4 Å². The number of para-hydroxylation sites is 1. The van der Waals surface area contributed by atoms with Crippen LogP contribution in [-0.4, -0.2) is 37.2 Å². The Morgan fingerprint density at radius 1 is 1.19 bits per heavy atom. The molecule has 1 heterocycles. The van der Waals surface area contributed by atoms with Gasteiger partial charge in [0.25, 0.3) is 0 Å². The number of ether oxygens (including phenoxy) is 1. The summed E-state index contributed by atoms with van der Waals surface area (Å²) >= 11 is 11.9. The second kappa shape index (κ2) is 12.2. The molecule has 1 aromatic heterocycles. The Balaban J connectivity index is 0.00000338. The molecule has 2 N–H and O–H groups in total. The van der Waals surface area contributed by atoms with Crippen molar-refractivity contribution >= 4 is 53.1 Å². The fourth-order valence-electron chi connectivity index (χ4n) is 2.14. The van der Waals surface area contributed by atoms with E-state index in [1.807, 2.05) is 37.3 Å². The standard InChI is InChI=1S/C18H22Cl2N4O.HI/c1-13(25-16-6-4-3-5-15(16)19)11-24-18(21-2)22-10-9-14-7-8-17(20)23-12-14;/h3-8,12-13H,9-11H2,1-2H3,(H2,21,22,24);1H. The topological polar surface area (TPSA) is 58.5 Å². The predicted molar refractivity (Wildman–Crippen MR) is 119 cm³/mol. The quantitative estimate of drug-likeness (QED) is 0.255. The van der Waals surface area contributed by atoms with Crippen LogP contribution in [0, 0.1) is 0 Å². The third-order valence-electron chi connectivity index (χ3n) is 3.44. The smallest absolute Gasteiger partial charge is 0.191 e. The van der Waals surface area contributed by atoms with Gasteiger partial charge in [0.15, 0.2) is 5.96 Å². The average Bonchev–Trinajstić information content (AvgIpc) is 2.61. The second-order valence-electron chi connectivity index (χ2n) is 5.48. The van der Waals surface area contributed by atoms with Gasteiger partial charge in [-0.3, -0.25) is 4.99 Å². The summed E-state index contributed by atoms with van der Waals surface area (Å²) in [5.41, 5.74) is 1.11. The van der Waals surface area contributed by atoms with Gasteiger partial charge in [0.05, 0.1) is 11.6 Å². The largest absolute Gasteiger partial charge is 0.487 e. The van der Waals surface area contributed by atoms with Crippen LogP contribution in [0.25, 0.3) is 0 Å². The highest BCUT2D eigenvalue weighted by molar-refractivity contribution is 14.0. The Labute approximate surface area is 181 Å². The van der Waals surface area contributed by atoms with Gasteiger partial charge in [-0.25, -0.2) is 4.98 Å². The molecule has 26 heavy (non-hydrogen) atoms. The average molecular weight is 509 g/mol. The van der Waals surface area contributed by atoms with Crippen molar-refractivity contribution in [2.24, 2.45) is 4.99 Å². The minimum atomic E-state index is -0.0566. The van der Waals surface area contributed by atoms with E-state index in [4.69, 9.17) is 27.9 Å². The van der Waals surface area contributed by atoms with E-state index in [2.05, 4.69) is 20.6 Å². The zero-order valence-electron chi connectivity index (χ0n) is 14.7. The zero-order chi connectivity index (χ0) is 18.1. The first-order chi connectivity index (χ1) is 12.1. The van der Waals surface area contributed by atoms with Crippen molar-refractivity contribution < 1.29 is 4.74 Å². The third kappa shape index (κ3) is 7.97. The molecule has 0 saturated carbocycles. The summed E-state index contributed by atoms with van der Waals surface area (Å²) in [5, 5.41) is 7.60. The first-order valence-electron chi connectivity index (χ1n) is 8.04. The summed E-state index contributed by atoms with van der Waals surface area (Å²) in [6.07, 6.45) is 2.55. The van der Waals surface area contributed by atoms with E-state index in [0.29, 0.717) is 22.5 Å². The van der Waals surface area contributed by atoms with Crippen molar-refractivity contribution in [1.82, 2.24) is 15.6 Å². The minimum Gasteiger partial charge on any atom is -0.487 e. The predicted octanol–water partition coefficient (Wildman–Crippen LogP) is 4.18. The number of guanidine groups is 1. The summed E-state index contributed by atoms with van der Waals surface area (Å²) in [7, 11) is 1.73. The number of benzene rings is 1. The Bertz CT molecular complexity index is 698. The molecule has 0 amide bonds. The summed E-state index contributed by atoms with van der Waals surface area (Å²) in [4.78, 5) is 8.27. The van der Waals surface area contributed by atoms with Crippen molar-refractivity contribution in [3.63, 3.8) is 0 Å². The molecule has 0 fully saturated rings. The number of rotatable bonds is 7. The van der Waals surface area contributed by atoms with Crippen LogP contribution in [0.3, 0.4) is 0 Å². The maximum absolute atomic E-state index is 6.10. The number of nitrogens with zero attached hydrogens (tertiary/aromatic N) is 2. The molecule has 0 saturated heterocycles. The van der Waals surface area contributed by atoms with Gasteiger partial charge in [-0.15, -0.1) is 24.0 Å². The normalized spacial score (nSPS) is 12.1. The van der Waals surface area contributed by atoms with E-state index in [9.17, 15) is 0 Å². The summed E-state index contributed by atoms with van der Waals surface area (Å²) in [6, 6.07) is 11.2. The summed E-state index contributed by atoms with van der Waals surface area (Å²) in [6.45, 7) is 3.32. The molecule has 2 rings (SSSR count). The van der Waals surface area contributed by atoms with Crippen LogP contribution in [0.4, 0.5) is 0 Å². The van der Waals surface area contributed by atoms with E-state index in [1.165, 1.54) is 0 Å². The van der Waals surface area contributed by atoms with Crippen LogP contribution in [0.1, 0.15) is 12.5 Å². The van der Waals surface area contributed by atoms with Crippen LogP contribution in [0.5, 0.6) is 5.75 Å². The van der Waals surface area contributed by atoms with Crippen LogP contribution >= 0.6 is 47.2 Å². The fourth-order valence-corrected chi connectivity index (χ4v) is 2.43. The fraction of sp³-hybridized carbons (Fsp3) is 0.333. The molecule has 5 nitrogen and oxygen atoms in total. The van der Waals surface area contributed by atoms with Crippen molar-refractivity contribution in [2.75, 3.05) is 20.1 Å². The molecule has 0 aliphatic rings. The molecule has 1 atom stereocenters. The van der Waals surface area contributed by atoms with Crippen LogP contribution in [0.2, 0.25) is 10.2 Å². The molecular formula is C18H23Cl2IN4O. The summed E-state index contributed by atoms with van der Waals surface area (Å²) in [5.74, 6) is 1.40. The van der Waals surface area contributed by atoms with E-state index in [0.717, 1.165) is 24.5 Å². The lowest BCUT2D eigenvalue weighted by Crippen LogP contribution is -2.42. The molecule has 0 aliphatic heterocycles. The van der Waals surface area contributed by atoms with Gasteiger partial charge in [-0.2, -0.15) is 0 Å². The van der Waals surface area contributed by atoms with Crippen LogP contribution < -0.4 is 15.4 Å². The number of aromatic nitrogens is 1. The van der Waals surface area contributed by atoms with Crippen LogP contribution in [0.15, 0.2) is 47.6 Å². The van der Waals surface area contributed by atoms with E-state index in [1.54, 1.807) is 19.3 Å². The lowest BCUT2D eigenvalue weighted by atomic mass is 10.2. The zero-order valence-corrected chi connectivity index (χ0v) is 18.5. The summed E-state index contributed by atoms with van der Waals surface area (Å²) < 4.78 is 5.83. The molecule has 0 spiro atoms.